The van der Waals surface area contributed by atoms with Crippen molar-refractivity contribution in [2.24, 2.45) is 0 Å². The molecular weight excluding hydrogens is 388 g/mol. The second kappa shape index (κ2) is 9.47. The van der Waals surface area contributed by atoms with Gasteiger partial charge in [-0.3, -0.25) is 0 Å². The number of unbranched alkanes of at least 4 members (excludes halogenated alkanes) is 3. The molecule has 7 heteroatoms. The summed E-state index contributed by atoms with van der Waals surface area (Å²) in [6, 6.07) is 3.77. The summed E-state index contributed by atoms with van der Waals surface area (Å²) in [6.07, 6.45) is 2.13. The number of benzene rings is 1. The van der Waals surface area contributed by atoms with Crippen molar-refractivity contribution in [2.45, 2.75) is 91.9 Å². The molecule has 2 N–H and O–H groups in total. The van der Waals surface area contributed by atoms with Crippen LogP contribution in [0.4, 0.5) is 10.5 Å². The van der Waals surface area contributed by atoms with E-state index in [1.165, 1.54) is 0 Å². The van der Waals surface area contributed by atoms with Crippen molar-refractivity contribution in [3.8, 4) is 0 Å². The summed E-state index contributed by atoms with van der Waals surface area (Å²) >= 11 is 0. The first-order valence-electron chi connectivity index (χ1n) is 10.3. The van der Waals surface area contributed by atoms with E-state index in [1.807, 2.05) is 60.6 Å². The maximum absolute atomic E-state index is 13.1. The molecule has 0 fully saturated rings. The number of carboxylic acid groups (broad SMARTS) is 1. The van der Waals surface area contributed by atoms with Gasteiger partial charge in [0.2, 0.25) is 0 Å². The van der Waals surface area contributed by atoms with Gasteiger partial charge in [-0.2, -0.15) is 17.4 Å². The molecule has 29 heavy (non-hydrogen) atoms. The molecule has 0 saturated carbocycles. The van der Waals surface area contributed by atoms with Crippen molar-refractivity contribution in [1.29, 1.82) is 0 Å². The van der Waals surface area contributed by atoms with E-state index >= 15 is 0 Å². The van der Waals surface area contributed by atoms with Crippen LogP contribution in [0.1, 0.15) is 90.8 Å². The van der Waals surface area contributed by atoms with Gasteiger partial charge in [-0.05, 0) is 35.3 Å². The zero-order chi connectivity index (χ0) is 22.6. The van der Waals surface area contributed by atoms with Gasteiger partial charge in [-0.25, -0.2) is 4.79 Å². The Morgan fingerprint density at radius 2 is 1.48 bits per heavy atom. The van der Waals surface area contributed by atoms with E-state index < -0.39 is 27.1 Å². The molecule has 0 saturated heterocycles. The number of hydrogen-bond donors (Lipinski definition) is 2. The largest absolute Gasteiger partial charge is 0.464 e. The maximum Gasteiger partial charge on any atom is 0.426 e. The molecule has 0 heterocycles. The second-order valence-corrected chi connectivity index (χ2v) is 11.3. The highest BCUT2D eigenvalue weighted by molar-refractivity contribution is 7.91. The number of carbonyl (C=O) groups is 1. The Balaban J connectivity index is 3.61. The minimum atomic E-state index is -4.26. The highest BCUT2D eigenvalue weighted by Gasteiger charge is 2.37. The van der Waals surface area contributed by atoms with Gasteiger partial charge < -0.3 is 5.11 Å². The SMILES string of the molecule is CCCCCCNS(=O)(=O)N(C(=O)O)c1c(C(C)(C)C)cc(C)cc1C(C)(C)C. The van der Waals surface area contributed by atoms with Crippen LogP contribution in [0.2, 0.25) is 0 Å². The molecule has 0 unspecified atom stereocenters. The molecule has 0 spiro atoms. The molecule has 1 amide bonds. The number of nitrogens with zero attached hydrogens (tertiary/aromatic N) is 1. The summed E-state index contributed by atoms with van der Waals surface area (Å²) in [7, 11) is -4.26. The van der Waals surface area contributed by atoms with Crippen molar-refractivity contribution in [2.75, 3.05) is 10.8 Å². The summed E-state index contributed by atoms with van der Waals surface area (Å²) in [5, 5.41) is 9.96. The van der Waals surface area contributed by atoms with Gasteiger partial charge in [0, 0.05) is 6.54 Å². The minimum Gasteiger partial charge on any atom is -0.464 e. The van der Waals surface area contributed by atoms with E-state index in [0.29, 0.717) is 21.9 Å². The van der Waals surface area contributed by atoms with Crippen molar-refractivity contribution in [1.82, 2.24) is 4.72 Å². The molecule has 0 bridgehead atoms. The van der Waals surface area contributed by atoms with Crippen LogP contribution in [-0.4, -0.2) is 26.2 Å². The standard InChI is InChI=1S/C22H38N2O4S/c1-9-10-11-12-13-23-29(27,28)24(20(25)26)19-17(21(3,4)5)14-16(2)15-18(19)22(6,7)8/h14-15,23H,9-13H2,1-8H3,(H,25,26). The molecule has 1 rings (SSSR count). The third-order valence-corrected chi connectivity index (χ3v) is 6.19. The van der Waals surface area contributed by atoms with E-state index in [9.17, 15) is 18.3 Å². The van der Waals surface area contributed by atoms with Crippen LogP contribution in [0, 0.1) is 6.92 Å². The topological polar surface area (TPSA) is 86.7 Å². The first kappa shape index (κ1) is 25.4. The van der Waals surface area contributed by atoms with E-state index in [-0.39, 0.29) is 12.2 Å². The van der Waals surface area contributed by atoms with Crippen LogP contribution in [-0.2, 0) is 21.0 Å². The molecular formula is C22H38N2O4S. The molecule has 0 aliphatic heterocycles. The van der Waals surface area contributed by atoms with Crippen LogP contribution < -0.4 is 9.03 Å². The van der Waals surface area contributed by atoms with Gasteiger partial charge >= 0.3 is 16.3 Å². The van der Waals surface area contributed by atoms with Crippen LogP contribution >= 0.6 is 0 Å². The molecule has 0 atom stereocenters. The summed E-state index contributed by atoms with van der Waals surface area (Å²) in [4.78, 5) is 12.2. The molecule has 0 aromatic heterocycles. The summed E-state index contributed by atoms with van der Waals surface area (Å²) in [6.45, 7) is 16.0. The lowest BCUT2D eigenvalue weighted by Gasteiger charge is -2.34. The van der Waals surface area contributed by atoms with Crippen LogP contribution in [0.3, 0.4) is 0 Å². The first-order valence-corrected chi connectivity index (χ1v) is 11.8. The molecule has 166 valence electrons. The Morgan fingerprint density at radius 3 is 1.86 bits per heavy atom. The summed E-state index contributed by atoms with van der Waals surface area (Å²) < 4.78 is 29.2. The van der Waals surface area contributed by atoms with Crippen LogP contribution in [0.5, 0.6) is 0 Å². The molecule has 6 nitrogen and oxygen atoms in total. The highest BCUT2D eigenvalue weighted by Crippen LogP contribution is 2.42. The van der Waals surface area contributed by atoms with E-state index in [2.05, 4.69) is 11.6 Å². The van der Waals surface area contributed by atoms with Gasteiger partial charge in [0.25, 0.3) is 0 Å². The van der Waals surface area contributed by atoms with Gasteiger partial charge in [0.1, 0.15) is 0 Å². The van der Waals surface area contributed by atoms with Crippen molar-refractivity contribution in [3.63, 3.8) is 0 Å². The monoisotopic (exact) mass is 426 g/mol. The zero-order valence-corrected chi connectivity index (χ0v) is 20.0. The lowest BCUT2D eigenvalue weighted by atomic mass is 9.77. The van der Waals surface area contributed by atoms with Gasteiger partial charge in [-0.1, -0.05) is 85.4 Å². The third kappa shape index (κ3) is 6.71. The molecule has 0 aliphatic carbocycles. The van der Waals surface area contributed by atoms with Crippen molar-refractivity contribution in [3.05, 3.63) is 28.8 Å². The average molecular weight is 427 g/mol. The Hall–Kier alpha value is -1.60. The number of hydrogen-bond acceptors (Lipinski definition) is 3. The normalized spacial score (nSPS) is 12.8. The second-order valence-electron chi connectivity index (χ2n) is 9.72. The Bertz CT molecular complexity index is 783. The van der Waals surface area contributed by atoms with Crippen LogP contribution in [0.15, 0.2) is 12.1 Å². The third-order valence-electron chi connectivity index (χ3n) is 4.80. The smallest absolute Gasteiger partial charge is 0.426 e. The quantitative estimate of drug-likeness (QED) is 0.538. The van der Waals surface area contributed by atoms with Gasteiger partial charge in [0.15, 0.2) is 0 Å². The predicted molar refractivity (Wildman–Crippen MR) is 120 cm³/mol. The molecule has 1 aromatic rings. The minimum absolute atomic E-state index is 0.216. The fourth-order valence-corrected chi connectivity index (χ4v) is 4.45. The number of nitrogens with one attached hydrogen (secondary N) is 1. The predicted octanol–water partition coefficient (Wildman–Crippen LogP) is 5.49. The maximum atomic E-state index is 13.1. The van der Waals surface area contributed by atoms with Crippen LogP contribution in [0.25, 0.3) is 0 Å². The number of anilines is 1. The van der Waals surface area contributed by atoms with E-state index in [0.717, 1.165) is 24.8 Å². The fraction of sp³-hybridized carbons (Fsp3) is 0.682. The van der Waals surface area contributed by atoms with Gasteiger partial charge in [-0.15, -0.1) is 0 Å². The summed E-state index contributed by atoms with van der Waals surface area (Å²) in [5.41, 5.74) is 1.72. The van der Waals surface area contributed by atoms with Crippen molar-refractivity contribution < 1.29 is 18.3 Å². The van der Waals surface area contributed by atoms with E-state index in [4.69, 9.17) is 0 Å². The zero-order valence-electron chi connectivity index (χ0n) is 19.2. The van der Waals surface area contributed by atoms with Crippen molar-refractivity contribution >= 4 is 22.0 Å². The lowest BCUT2D eigenvalue weighted by Crippen LogP contribution is -2.46. The molecule has 0 aliphatic rings. The lowest BCUT2D eigenvalue weighted by molar-refractivity contribution is 0.206. The Labute approximate surface area is 176 Å². The Morgan fingerprint density at radius 1 is 1.00 bits per heavy atom. The fourth-order valence-electron chi connectivity index (χ4n) is 3.28. The number of amides is 1. The molecule has 0 radical (unpaired) electrons. The number of aryl methyl sites for hydroxylation is 1. The van der Waals surface area contributed by atoms with Gasteiger partial charge in [0.05, 0.1) is 5.69 Å². The number of rotatable bonds is 8. The highest BCUT2D eigenvalue weighted by atomic mass is 32.2. The average Bonchev–Trinajstić information content (AvgIpc) is 2.53. The molecule has 1 aromatic carbocycles. The summed E-state index contributed by atoms with van der Waals surface area (Å²) in [5.74, 6) is 0. The van der Waals surface area contributed by atoms with E-state index in [1.54, 1.807) is 0 Å². The first-order chi connectivity index (χ1) is 13.1. The Kier molecular flexibility index (Phi) is 8.31.